The van der Waals surface area contributed by atoms with E-state index in [4.69, 9.17) is 37.4 Å². The number of nitrogens with zero attached hydrogens (tertiary/aromatic N) is 7. The lowest BCUT2D eigenvalue weighted by atomic mass is 10.1. The quantitative estimate of drug-likeness (QED) is 0.261. The fraction of sp³-hybridized carbons (Fsp3) is 0.370. The highest BCUT2D eigenvalue weighted by Gasteiger charge is 2.45. The molecule has 2 aliphatic heterocycles. The van der Waals surface area contributed by atoms with Crippen LogP contribution in [-0.4, -0.2) is 76.2 Å². The molecular weight excluding hydrogens is 573 g/mol. The molecule has 0 aliphatic carbocycles. The number of hydrogen-bond donors (Lipinski definition) is 0. The molecule has 0 radical (unpaired) electrons. The lowest BCUT2D eigenvalue weighted by Gasteiger charge is -2.38. The van der Waals surface area contributed by atoms with Gasteiger partial charge in [-0.2, -0.15) is 5.10 Å². The highest BCUT2D eigenvalue weighted by Crippen LogP contribution is 2.40. The van der Waals surface area contributed by atoms with Crippen LogP contribution in [0.3, 0.4) is 0 Å². The Kier molecular flexibility index (Phi) is 8.08. The van der Waals surface area contributed by atoms with Crippen LogP contribution < -0.4 is 14.6 Å². The first-order valence-electron chi connectivity index (χ1n) is 12.9. The van der Waals surface area contributed by atoms with Crippen LogP contribution in [-0.2, 0) is 21.8 Å². The maximum Gasteiger partial charge on any atom is 0.217 e. The SMILES string of the molecule is CSc1nccn1N1CCN(c2ccc(OCC3COC(Cn4cncn4)(c4ccc(Cl)cc4Cl)O3)cc2)CC1. The van der Waals surface area contributed by atoms with Gasteiger partial charge in [-0.15, -0.1) is 0 Å². The minimum absolute atomic E-state index is 0.284. The Morgan fingerprint density at radius 3 is 2.65 bits per heavy atom. The number of hydrogen-bond acceptors (Lipinski definition) is 9. The number of imidazole rings is 1. The minimum atomic E-state index is -1.14. The van der Waals surface area contributed by atoms with Gasteiger partial charge < -0.3 is 24.1 Å². The van der Waals surface area contributed by atoms with Crippen molar-refractivity contribution >= 4 is 40.7 Å². The summed E-state index contributed by atoms with van der Waals surface area (Å²) in [6.07, 6.45) is 8.70. The molecule has 40 heavy (non-hydrogen) atoms. The molecule has 0 bridgehead atoms. The van der Waals surface area contributed by atoms with E-state index >= 15 is 0 Å². The summed E-state index contributed by atoms with van der Waals surface area (Å²) < 4.78 is 22.6. The number of benzene rings is 2. The van der Waals surface area contributed by atoms with Gasteiger partial charge in [0.15, 0.2) is 5.16 Å². The molecule has 2 aromatic carbocycles. The Labute approximate surface area is 246 Å². The number of rotatable bonds is 9. The molecule has 2 aliphatic rings. The predicted molar refractivity (Wildman–Crippen MR) is 155 cm³/mol. The van der Waals surface area contributed by atoms with E-state index in [1.165, 1.54) is 12.0 Å². The number of aromatic nitrogens is 5. The second kappa shape index (κ2) is 11.9. The van der Waals surface area contributed by atoms with Crippen molar-refractivity contribution in [3.05, 3.63) is 83.1 Å². The lowest BCUT2D eigenvalue weighted by molar-refractivity contribution is -0.190. The van der Waals surface area contributed by atoms with Crippen molar-refractivity contribution in [2.75, 3.05) is 55.6 Å². The molecule has 0 amide bonds. The van der Waals surface area contributed by atoms with Gasteiger partial charge >= 0.3 is 0 Å². The maximum atomic E-state index is 6.55. The standard InChI is InChI=1S/C27H29Cl2N7O3S/c1-40-26-31-8-9-36(26)35-12-10-33(11-13-35)21-3-5-22(6-4-21)37-15-23-16-38-27(39-23,17-34-19-30-18-32-34)24-7-2-20(28)14-25(24)29/h2-9,14,18-19,23H,10-13,15-17H2,1H3. The maximum absolute atomic E-state index is 6.55. The third kappa shape index (κ3) is 5.75. The summed E-state index contributed by atoms with van der Waals surface area (Å²) >= 11 is 14.3. The molecule has 10 nitrogen and oxygen atoms in total. The van der Waals surface area contributed by atoms with Crippen molar-refractivity contribution in [3.8, 4) is 5.75 Å². The Bertz CT molecular complexity index is 1410. The Hall–Kier alpha value is -2.96. The summed E-state index contributed by atoms with van der Waals surface area (Å²) in [6.45, 7) is 4.66. The molecule has 6 rings (SSSR count). The van der Waals surface area contributed by atoms with Crippen LogP contribution in [0.15, 0.2) is 72.7 Å². The van der Waals surface area contributed by atoms with E-state index in [0.717, 1.165) is 37.1 Å². The third-order valence-corrected chi connectivity index (χ3v) is 8.21. The Balaban J connectivity index is 1.06. The molecule has 0 spiro atoms. The van der Waals surface area contributed by atoms with Crippen molar-refractivity contribution in [1.29, 1.82) is 0 Å². The van der Waals surface area contributed by atoms with E-state index in [2.05, 4.69) is 48.0 Å². The number of thioether (sulfide) groups is 1. The van der Waals surface area contributed by atoms with Crippen LogP contribution >= 0.6 is 35.0 Å². The summed E-state index contributed by atoms with van der Waals surface area (Å²) in [4.78, 5) is 10.8. The van der Waals surface area contributed by atoms with Crippen LogP contribution in [0.2, 0.25) is 10.0 Å². The lowest BCUT2D eigenvalue weighted by Crippen LogP contribution is -2.51. The highest BCUT2D eigenvalue weighted by molar-refractivity contribution is 7.98. The van der Waals surface area contributed by atoms with Crippen molar-refractivity contribution in [2.24, 2.45) is 0 Å². The molecule has 13 heteroatoms. The third-order valence-electron chi connectivity index (χ3n) is 7.01. The topological polar surface area (TPSA) is 82.7 Å². The molecule has 2 saturated heterocycles. The van der Waals surface area contributed by atoms with Crippen molar-refractivity contribution < 1.29 is 14.2 Å². The zero-order valence-corrected chi connectivity index (χ0v) is 24.2. The van der Waals surface area contributed by atoms with Crippen LogP contribution in [0.4, 0.5) is 5.69 Å². The van der Waals surface area contributed by atoms with Crippen LogP contribution in [0.1, 0.15) is 5.56 Å². The molecule has 2 fully saturated rings. The smallest absolute Gasteiger partial charge is 0.217 e. The van der Waals surface area contributed by atoms with Gasteiger partial charge in [0.25, 0.3) is 0 Å². The minimum Gasteiger partial charge on any atom is -0.491 e. The van der Waals surface area contributed by atoms with Crippen molar-refractivity contribution in [2.45, 2.75) is 23.6 Å². The summed E-state index contributed by atoms with van der Waals surface area (Å²) in [6, 6.07) is 13.5. The van der Waals surface area contributed by atoms with Gasteiger partial charge in [0.1, 0.15) is 37.7 Å². The number of halogens is 2. The summed E-state index contributed by atoms with van der Waals surface area (Å²) in [7, 11) is 0. The summed E-state index contributed by atoms with van der Waals surface area (Å²) in [5.74, 6) is -0.366. The molecule has 0 N–H and O–H groups in total. The molecule has 2 unspecified atom stereocenters. The van der Waals surface area contributed by atoms with Crippen LogP contribution in [0, 0.1) is 0 Å². The number of ether oxygens (including phenoxy) is 3. The number of anilines is 1. The van der Waals surface area contributed by atoms with E-state index < -0.39 is 5.79 Å². The zero-order chi connectivity index (χ0) is 27.5. The average Bonchev–Trinajstić information content (AvgIpc) is 3.74. The Morgan fingerprint density at radius 1 is 1.10 bits per heavy atom. The molecule has 2 atom stereocenters. The van der Waals surface area contributed by atoms with Gasteiger partial charge in [0.2, 0.25) is 5.79 Å². The first-order chi connectivity index (χ1) is 19.5. The normalized spacial score (nSPS) is 21.2. The van der Waals surface area contributed by atoms with Gasteiger partial charge in [-0.1, -0.05) is 41.0 Å². The Morgan fingerprint density at radius 2 is 1.93 bits per heavy atom. The molecular formula is C27H29Cl2N7O3S. The van der Waals surface area contributed by atoms with E-state index in [1.807, 2.05) is 30.6 Å². The van der Waals surface area contributed by atoms with E-state index in [9.17, 15) is 0 Å². The fourth-order valence-corrected chi connectivity index (χ4v) is 6.12. The largest absolute Gasteiger partial charge is 0.491 e. The molecule has 2 aromatic heterocycles. The van der Waals surface area contributed by atoms with Crippen molar-refractivity contribution in [1.82, 2.24) is 24.4 Å². The van der Waals surface area contributed by atoms with E-state index in [0.29, 0.717) is 28.8 Å². The first-order valence-corrected chi connectivity index (χ1v) is 14.9. The van der Waals surface area contributed by atoms with Gasteiger partial charge in [0, 0.05) is 41.8 Å². The van der Waals surface area contributed by atoms with Crippen LogP contribution in [0.25, 0.3) is 0 Å². The average molecular weight is 603 g/mol. The molecule has 4 heterocycles. The van der Waals surface area contributed by atoms with Gasteiger partial charge in [-0.3, -0.25) is 0 Å². The molecule has 0 saturated carbocycles. The second-order valence-corrected chi connectivity index (χ2v) is 11.1. The zero-order valence-electron chi connectivity index (χ0n) is 21.9. The second-order valence-electron chi connectivity index (χ2n) is 9.53. The molecule has 4 aromatic rings. The van der Waals surface area contributed by atoms with Gasteiger partial charge in [-0.25, -0.2) is 19.3 Å². The summed E-state index contributed by atoms with van der Waals surface area (Å²) in [5.41, 5.74) is 1.85. The summed E-state index contributed by atoms with van der Waals surface area (Å²) in [5, 5.41) is 8.56. The van der Waals surface area contributed by atoms with Crippen molar-refractivity contribution in [3.63, 3.8) is 0 Å². The highest BCUT2D eigenvalue weighted by atomic mass is 35.5. The van der Waals surface area contributed by atoms with E-state index in [1.54, 1.807) is 34.9 Å². The monoisotopic (exact) mass is 601 g/mol. The first kappa shape index (κ1) is 27.2. The van der Waals surface area contributed by atoms with Crippen LogP contribution in [0.5, 0.6) is 5.75 Å². The number of piperazine rings is 1. The fourth-order valence-electron chi connectivity index (χ4n) is 5.04. The predicted octanol–water partition coefficient (Wildman–Crippen LogP) is 4.31. The van der Waals surface area contributed by atoms with Gasteiger partial charge in [0.05, 0.1) is 24.7 Å². The van der Waals surface area contributed by atoms with Gasteiger partial charge in [-0.05, 0) is 42.7 Å². The van der Waals surface area contributed by atoms with E-state index in [-0.39, 0.29) is 12.6 Å². The molecule has 210 valence electrons.